The fraction of sp³-hybridized carbons (Fsp3) is 0.543. The molecule has 51 heavy (non-hydrogen) atoms. The molecule has 16 heteroatoms. The molecule has 2 amide bonds. The first-order chi connectivity index (χ1) is 24.1. The Morgan fingerprint density at radius 2 is 1.67 bits per heavy atom. The average Bonchev–Trinajstić information content (AvgIpc) is 3.87. The first kappa shape index (κ1) is 41.4. The summed E-state index contributed by atoms with van der Waals surface area (Å²) in [5, 5.41) is 14.9. The lowest BCUT2D eigenvalue weighted by Crippen LogP contribution is -2.43. The summed E-state index contributed by atoms with van der Waals surface area (Å²) >= 11 is 3.28. The van der Waals surface area contributed by atoms with E-state index in [4.69, 9.17) is 25.7 Å². The summed E-state index contributed by atoms with van der Waals surface area (Å²) < 4.78 is 33.9. The van der Waals surface area contributed by atoms with Gasteiger partial charge in [0.05, 0.1) is 0 Å². The van der Waals surface area contributed by atoms with Gasteiger partial charge in [0.1, 0.15) is 43.0 Å². The molecule has 2 aromatic rings. The number of benzene rings is 1. The molecule has 3 rings (SSSR count). The van der Waals surface area contributed by atoms with Gasteiger partial charge in [0, 0.05) is 45.7 Å². The van der Waals surface area contributed by atoms with Crippen LogP contribution in [0.2, 0.25) is 0 Å². The molecule has 1 fully saturated rings. The van der Waals surface area contributed by atoms with Crippen molar-refractivity contribution in [2.24, 2.45) is 23.3 Å². The number of anilines is 1. The Hall–Kier alpha value is -3.99. The van der Waals surface area contributed by atoms with E-state index in [2.05, 4.69) is 31.5 Å². The lowest BCUT2D eigenvalue weighted by Gasteiger charge is -2.32. The van der Waals surface area contributed by atoms with Crippen LogP contribution in [0, 0.1) is 17.7 Å². The minimum Gasteiger partial charge on any atom is -0.480 e. The highest BCUT2D eigenvalue weighted by Gasteiger charge is 2.47. The summed E-state index contributed by atoms with van der Waals surface area (Å²) in [4.78, 5) is 68.6. The van der Waals surface area contributed by atoms with Crippen molar-refractivity contribution in [3.8, 4) is 0 Å². The first-order valence-corrected chi connectivity index (χ1v) is 17.7. The number of aromatic nitrogens is 1. The number of nitrogens with zero attached hydrogens (tertiary/aromatic N) is 1. The lowest BCUT2D eigenvalue weighted by molar-refractivity contribution is -0.172. The van der Waals surface area contributed by atoms with Gasteiger partial charge < -0.3 is 36.1 Å². The van der Waals surface area contributed by atoms with Gasteiger partial charge in [0.2, 0.25) is 0 Å². The summed E-state index contributed by atoms with van der Waals surface area (Å²) in [5.41, 5.74) is 12.1. The van der Waals surface area contributed by atoms with Gasteiger partial charge in [-0.05, 0) is 58.5 Å². The molecule has 0 spiro atoms. The van der Waals surface area contributed by atoms with Crippen molar-refractivity contribution in [2.45, 2.75) is 96.6 Å². The number of Topliss-reactive ketones (excluding diaryl/α,β-unsaturated/α-hetero) is 1. The maximum Gasteiger partial charge on any atom is 0.329 e. The fourth-order valence-corrected chi connectivity index (χ4v) is 5.56. The van der Waals surface area contributed by atoms with Crippen molar-refractivity contribution < 1.29 is 47.7 Å². The molecule has 1 aromatic carbocycles. The van der Waals surface area contributed by atoms with Crippen molar-refractivity contribution in [1.82, 2.24) is 10.3 Å². The third-order valence-corrected chi connectivity index (χ3v) is 9.51. The molecule has 1 aliphatic rings. The van der Waals surface area contributed by atoms with Gasteiger partial charge in [-0.2, -0.15) is 0 Å². The number of nitrogens with two attached hydrogens (primary N) is 2. The van der Waals surface area contributed by atoms with E-state index in [0.717, 1.165) is 6.07 Å². The average molecular weight is 781 g/mol. The lowest BCUT2D eigenvalue weighted by atomic mass is 9.87. The Labute approximate surface area is 304 Å². The zero-order valence-electron chi connectivity index (χ0n) is 29.3. The highest BCUT2D eigenvalue weighted by Crippen LogP contribution is 2.47. The van der Waals surface area contributed by atoms with E-state index in [0.29, 0.717) is 17.3 Å². The number of halogens is 2. The van der Waals surface area contributed by atoms with Crippen LogP contribution in [0.15, 0.2) is 34.9 Å². The number of aliphatic carboxylic acids is 1. The fourth-order valence-electron chi connectivity index (χ4n) is 5.33. The number of carbonyl (C=O) groups is 5. The van der Waals surface area contributed by atoms with Crippen molar-refractivity contribution in [3.63, 3.8) is 0 Å². The third-order valence-electron chi connectivity index (χ3n) is 9.04. The topological polar surface area (TPSA) is 222 Å². The molecule has 0 radical (unpaired) electrons. The number of hydrogen-bond acceptors (Lipinski definition) is 11. The van der Waals surface area contributed by atoms with Gasteiger partial charge >= 0.3 is 23.9 Å². The Morgan fingerprint density at radius 1 is 1.02 bits per heavy atom. The quantitative estimate of drug-likeness (QED) is 0.0976. The Bertz CT molecular complexity index is 1560. The number of urea groups is 1. The van der Waals surface area contributed by atoms with Crippen molar-refractivity contribution in [3.05, 3.63) is 57.4 Å². The predicted octanol–water partition coefficient (Wildman–Crippen LogP) is 4.60. The SMILES string of the molecule is CCC(=O)c1ccc(F)c(C2CC2NC(=O)Nc2ccc(Br)cn2)c1C(OC(=O)[C@H](N)[C@H](C)CC)C(COC(=O)[C@H](N)[C@H](C)CC)OCC(=O)O. The highest BCUT2D eigenvalue weighted by molar-refractivity contribution is 9.10. The van der Waals surface area contributed by atoms with Crippen LogP contribution in [0.5, 0.6) is 0 Å². The predicted molar refractivity (Wildman–Crippen MR) is 188 cm³/mol. The van der Waals surface area contributed by atoms with Crippen LogP contribution < -0.4 is 22.1 Å². The van der Waals surface area contributed by atoms with Crippen LogP contribution >= 0.6 is 15.9 Å². The third kappa shape index (κ3) is 11.2. The largest absolute Gasteiger partial charge is 0.480 e. The number of rotatable bonds is 19. The van der Waals surface area contributed by atoms with Crippen LogP contribution in [-0.2, 0) is 28.6 Å². The van der Waals surface area contributed by atoms with E-state index >= 15 is 4.39 Å². The van der Waals surface area contributed by atoms with E-state index < -0.39 is 85.0 Å². The van der Waals surface area contributed by atoms with Gasteiger partial charge in [-0.15, -0.1) is 0 Å². The molecule has 1 aliphatic carbocycles. The second-order valence-corrected chi connectivity index (χ2v) is 13.6. The molecule has 7 N–H and O–H groups in total. The molecule has 280 valence electrons. The van der Waals surface area contributed by atoms with Gasteiger partial charge in [-0.25, -0.2) is 19.0 Å². The smallest absolute Gasteiger partial charge is 0.329 e. The molecule has 0 aliphatic heterocycles. The van der Waals surface area contributed by atoms with Crippen molar-refractivity contribution in [2.75, 3.05) is 18.5 Å². The van der Waals surface area contributed by atoms with Crippen LogP contribution in [-0.4, -0.2) is 77.3 Å². The number of carboxylic acids is 1. The summed E-state index contributed by atoms with van der Waals surface area (Å²) in [6.07, 6.45) is -0.461. The molecular weight excluding hydrogens is 733 g/mol. The minimum atomic E-state index is -1.68. The molecule has 14 nitrogen and oxygen atoms in total. The normalized spacial score (nSPS) is 18.7. The standard InChI is InChI=1S/C35H47BrFN5O9/c1-6-17(4)30(38)33(46)50-15-25(49-16-27(44)45)32(51-34(47)31(39)18(5)7-2)29-20(24(43)8-3)10-11-22(37)28(29)21-13-23(21)41-35(48)42-26-12-9-19(36)14-40-26/h9-12,14,17-18,21,23,25,30-32H,6-8,13,15-16,38-39H2,1-5H3,(H,44,45)(H2,40,41,42,48)/t17-,18-,21?,23?,25?,30-,31-,32?/m1/s1. The maximum atomic E-state index is 16.1. The van der Waals surface area contributed by atoms with Crippen molar-refractivity contribution in [1.29, 1.82) is 0 Å². The van der Waals surface area contributed by atoms with Crippen LogP contribution in [0.3, 0.4) is 0 Å². The van der Waals surface area contributed by atoms with E-state index in [9.17, 15) is 29.1 Å². The highest BCUT2D eigenvalue weighted by atomic mass is 79.9. The molecule has 0 saturated heterocycles. The second kappa shape index (κ2) is 19.0. The van der Waals surface area contributed by atoms with Crippen LogP contribution in [0.1, 0.15) is 93.8 Å². The summed E-state index contributed by atoms with van der Waals surface area (Å²) in [6, 6.07) is 2.18. The number of pyridine rings is 1. The second-order valence-electron chi connectivity index (χ2n) is 12.7. The van der Waals surface area contributed by atoms with E-state index in [1.165, 1.54) is 12.3 Å². The number of nitrogens with one attached hydrogen (secondary N) is 2. The van der Waals surface area contributed by atoms with E-state index in [1.54, 1.807) is 32.9 Å². The van der Waals surface area contributed by atoms with E-state index in [1.807, 2.05) is 13.8 Å². The number of carboxylic acid groups (broad SMARTS) is 1. The molecule has 4 unspecified atom stereocenters. The zero-order valence-corrected chi connectivity index (χ0v) is 30.9. The summed E-state index contributed by atoms with van der Waals surface area (Å²) in [7, 11) is 0. The van der Waals surface area contributed by atoms with Crippen LogP contribution in [0.4, 0.5) is 15.0 Å². The van der Waals surface area contributed by atoms with Gasteiger partial charge in [-0.3, -0.25) is 19.7 Å². The number of ketones is 1. The molecule has 1 heterocycles. The molecule has 1 saturated carbocycles. The summed E-state index contributed by atoms with van der Waals surface area (Å²) in [6.45, 7) is 7.14. The number of hydrogen-bond donors (Lipinski definition) is 5. The maximum absolute atomic E-state index is 16.1. The first-order valence-electron chi connectivity index (χ1n) is 16.9. The van der Waals surface area contributed by atoms with Gasteiger partial charge in [0.15, 0.2) is 11.9 Å². The monoisotopic (exact) mass is 779 g/mol. The Balaban J connectivity index is 2.12. The minimum absolute atomic E-state index is 0.0236. The van der Waals surface area contributed by atoms with Gasteiger partial charge in [-0.1, -0.05) is 47.5 Å². The van der Waals surface area contributed by atoms with Crippen LogP contribution in [0.25, 0.3) is 0 Å². The molecular formula is C35H47BrFN5O9. The molecule has 0 bridgehead atoms. The van der Waals surface area contributed by atoms with Gasteiger partial charge in [0.25, 0.3) is 0 Å². The number of esters is 2. The Kier molecular flexibility index (Phi) is 15.4. The number of carbonyl (C=O) groups excluding carboxylic acids is 4. The zero-order chi connectivity index (χ0) is 38.0. The van der Waals surface area contributed by atoms with Crippen molar-refractivity contribution >= 4 is 51.5 Å². The molecule has 8 atom stereocenters. The number of ether oxygens (including phenoxy) is 3. The number of amides is 2. The summed E-state index contributed by atoms with van der Waals surface area (Å²) in [5.74, 6) is -5.45. The van der Waals surface area contributed by atoms with E-state index in [-0.39, 0.29) is 47.2 Å². The molecule has 1 aromatic heterocycles. The Morgan fingerprint density at radius 3 is 2.24 bits per heavy atom.